The number of aromatic nitrogens is 1. The fourth-order valence-corrected chi connectivity index (χ4v) is 3.46. The van der Waals surface area contributed by atoms with Crippen molar-refractivity contribution in [3.63, 3.8) is 0 Å². The lowest BCUT2D eigenvalue weighted by Crippen LogP contribution is -2.49. The Bertz CT molecular complexity index is 910. The molecule has 2 N–H and O–H groups in total. The predicted molar refractivity (Wildman–Crippen MR) is 119 cm³/mol. The Kier molecular flexibility index (Phi) is 8.24. The van der Waals surface area contributed by atoms with Gasteiger partial charge < -0.3 is 19.6 Å². The normalized spacial score (nSPS) is 16.8. The van der Waals surface area contributed by atoms with E-state index >= 15 is 0 Å². The number of carbonyl (C=O) groups is 1. The van der Waals surface area contributed by atoms with Crippen molar-refractivity contribution in [1.29, 1.82) is 0 Å². The first-order valence-corrected chi connectivity index (χ1v) is 10.9. The number of hydrogen-bond donors (Lipinski definition) is 2. The molecule has 0 unspecified atom stereocenters. The van der Waals surface area contributed by atoms with Crippen LogP contribution in [0.4, 0.5) is 10.1 Å². The standard InChI is InChI=1S/C22H30ClFN4O4/c1-22(2,3)32-13-16(29)11-27-6-8-28(9-7-27)12-20-26-19(14-31-20)21(30)25-15-4-5-18(24)17(23)10-15/h4-5,10,14,16,29H,6-9,11-13H2,1-3H3,(H,25,30)/t16-/m1/s1. The second-order valence-electron chi connectivity index (χ2n) is 8.86. The number of rotatable bonds is 8. The molecular formula is C22H30ClFN4O4. The number of aliphatic hydroxyl groups excluding tert-OH is 1. The Morgan fingerprint density at radius 3 is 2.66 bits per heavy atom. The zero-order valence-corrected chi connectivity index (χ0v) is 19.4. The lowest BCUT2D eigenvalue weighted by molar-refractivity contribution is -0.0588. The van der Waals surface area contributed by atoms with Crippen LogP contribution in [0.25, 0.3) is 0 Å². The molecule has 176 valence electrons. The zero-order chi connectivity index (χ0) is 23.3. The van der Waals surface area contributed by atoms with Crippen molar-refractivity contribution >= 4 is 23.2 Å². The Labute approximate surface area is 192 Å². The van der Waals surface area contributed by atoms with Gasteiger partial charge in [0, 0.05) is 38.4 Å². The molecule has 10 heteroatoms. The van der Waals surface area contributed by atoms with E-state index in [1.54, 1.807) is 0 Å². The summed E-state index contributed by atoms with van der Waals surface area (Å²) in [6.07, 6.45) is 0.780. The average molecular weight is 469 g/mol. The van der Waals surface area contributed by atoms with Gasteiger partial charge in [-0.1, -0.05) is 11.6 Å². The van der Waals surface area contributed by atoms with Crippen LogP contribution in [0, 0.1) is 5.82 Å². The average Bonchev–Trinajstić information content (AvgIpc) is 3.19. The molecule has 3 rings (SSSR count). The topological polar surface area (TPSA) is 91.1 Å². The molecule has 1 aromatic heterocycles. The third-order valence-electron chi connectivity index (χ3n) is 4.96. The van der Waals surface area contributed by atoms with Gasteiger partial charge in [0.2, 0.25) is 5.89 Å². The number of anilines is 1. The van der Waals surface area contributed by atoms with Crippen LogP contribution in [-0.2, 0) is 11.3 Å². The molecule has 1 aliphatic heterocycles. The molecule has 1 amide bonds. The minimum atomic E-state index is -0.554. The molecule has 32 heavy (non-hydrogen) atoms. The van der Waals surface area contributed by atoms with Gasteiger partial charge in [0.15, 0.2) is 5.69 Å². The first-order valence-electron chi connectivity index (χ1n) is 10.6. The molecule has 1 fully saturated rings. The third kappa shape index (κ3) is 7.53. The summed E-state index contributed by atoms with van der Waals surface area (Å²) in [4.78, 5) is 21.0. The maximum atomic E-state index is 13.3. The van der Waals surface area contributed by atoms with Crippen LogP contribution in [0.5, 0.6) is 0 Å². The van der Waals surface area contributed by atoms with Gasteiger partial charge >= 0.3 is 0 Å². The van der Waals surface area contributed by atoms with Crippen molar-refractivity contribution in [2.24, 2.45) is 0 Å². The van der Waals surface area contributed by atoms with Crippen LogP contribution >= 0.6 is 11.6 Å². The van der Waals surface area contributed by atoms with Crippen LogP contribution in [0.3, 0.4) is 0 Å². The number of benzene rings is 1. The van der Waals surface area contributed by atoms with Crippen molar-refractivity contribution in [3.05, 3.63) is 46.9 Å². The fourth-order valence-electron chi connectivity index (χ4n) is 3.28. The predicted octanol–water partition coefficient (Wildman–Crippen LogP) is 3.01. The smallest absolute Gasteiger partial charge is 0.277 e. The zero-order valence-electron chi connectivity index (χ0n) is 18.6. The second-order valence-corrected chi connectivity index (χ2v) is 9.27. The SMILES string of the molecule is CC(C)(C)OC[C@H](O)CN1CCN(Cc2nc(C(=O)Nc3ccc(F)c(Cl)c3)co2)CC1. The van der Waals surface area contributed by atoms with E-state index in [2.05, 4.69) is 20.1 Å². The van der Waals surface area contributed by atoms with Gasteiger partial charge in [0.25, 0.3) is 5.91 Å². The summed E-state index contributed by atoms with van der Waals surface area (Å²) in [5.41, 5.74) is 0.246. The van der Waals surface area contributed by atoms with E-state index in [1.807, 2.05) is 20.8 Å². The number of aliphatic hydroxyl groups is 1. The maximum Gasteiger partial charge on any atom is 0.277 e. The Morgan fingerprint density at radius 1 is 1.31 bits per heavy atom. The summed E-state index contributed by atoms with van der Waals surface area (Å²) in [6.45, 7) is 10.5. The Morgan fingerprint density at radius 2 is 2.00 bits per heavy atom. The minimum Gasteiger partial charge on any atom is -0.447 e. The Hall–Kier alpha value is -2.04. The lowest BCUT2D eigenvalue weighted by atomic mass is 10.2. The fraction of sp³-hybridized carbons (Fsp3) is 0.545. The molecule has 2 heterocycles. The molecule has 1 atom stereocenters. The van der Waals surface area contributed by atoms with E-state index in [1.165, 1.54) is 24.5 Å². The highest BCUT2D eigenvalue weighted by Gasteiger charge is 2.22. The van der Waals surface area contributed by atoms with Crippen LogP contribution in [0.2, 0.25) is 5.02 Å². The van der Waals surface area contributed by atoms with Gasteiger partial charge in [-0.25, -0.2) is 9.37 Å². The number of nitrogens with one attached hydrogen (secondary N) is 1. The maximum absolute atomic E-state index is 13.3. The number of piperazine rings is 1. The molecule has 0 saturated carbocycles. The summed E-state index contributed by atoms with van der Waals surface area (Å²) in [5, 5.41) is 12.7. The van der Waals surface area contributed by atoms with Gasteiger partial charge in [0.1, 0.15) is 12.1 Å². The number of ether oxygens (including phenoxy) is 1. The van der Waals surface area contributed by atoms with E-state index in [0.29, 0.717) is 31.3 Å². The number of oxazole rings is 1. The molecule has 1 aromatic carbocycles. The summed E-state index contributed by atoms with van der Waals surface area (Å²) in [5.74, 6) is -0.570. The van der Waals surface area contributed by atoms with Crippen molar-refractivity contribution in [3.8, 4) is 0 Å². The van der Waals surface area contributed by atoms with E-state index in [4.69, 9.17) is 20.8 Å². The third-order valence-corrected chi connectivity index (χ3v) is 5.25. The highest BCUT2D eigenvalue weighted by Crippen LogP contribution is 2.20. The molecule has 0 bridgehead atoms. The number of halogens is 2. The Balaban J connectivity index is 1.43. The van der Waals surface area contributed by atoms with Gasteiger partial charge in [-0.3, -0.25) is 14.6 Å². The summed E-state index contributed by atoms with van der Waals surface area (Å²) in [7, 11) is 0. The molecule has 0 spiro atoms. The summed E-state index contributed by atoms with van der Waals surface area (Å²) < 4.78 is 24.3. The quantitative estimate of drug-likeness (QED) is 0.615. The molecule has 1 aliphatic rings. The molecule has 0 aliphatic carbocycles. The monoisotopic (exact) mass is 468 g/mol. The number of amides is 1. The van der Waals surface area contributed by atoms with Crippen LogP contribution in [0.15, 0.2) is 28.9 Å². The van der Waals surface area contributed by atoms with Crippen molar-refractivity contribution in [2.45, 2.75) is 39.0 Å². The van der Waals surface area contributed by atoms with Crippen molar-refractivity contribution in [2.75, 3.05) is 44.6 Å². The van der Waals surface area contributed by atoms with E-state index in [9.17, 15) is 14.3 Å². The van der Waals surface area contributed by atoms with Gasteiger partial charge in [-0.05, 0) is 39.0 Å². The first kappa shape index (κ1) is 24.6. The van der Waals surface area contributed by atoms with E-state index in [-0.39, 0.29) is 16.3 Å². The molecule has 8 nitrogen and oxygen atoms in total. The van der Waals surface area contributed by atoms with Crippen LogP contribution in [0.1, 0.15) is 37.2 Å². The number of carbonyl (C=O) groups excluding carboxylic acids is 1. The second kappa shape index (κ2) is 10.7. The van der Waals surface area contributed by atoms with Crippen molar-refractivity contribution in [1.82, 2.24) is 14.8 Å². The van der Waals surface area contributed by atoms with Crippen LogP contribution < -0.4 is 5.32 Å². The minimum absolute atomic E-state index is 0.0722. The lowest BCUT2D eigenvalue weighted by Gasteiger charge is -2.35. The largest absolute Gasteiger partial charge is 0.447 e. The number of hydrogen-bond acceptors (Lipinski definition) is 7. The highest BCUT2D eigenvalue weighted by molar-refractivity contribution is 6.31. The molecule has 2 aromatic rings. The molecular weight excluding hydrogens is 439 g/mol. The summed E-state index contributed by atoms with van der Waals surface area (Å²) >= 11 is 5.74. The first-order chi connectivity index (χ1) is 15.1. The number of β-amino-alcohol motifs (C(OH)–C–C–N with tert-alkyl or cyclic N) is 1. The molecule has 1 saturated heterocycles. The van der Waals surface area contributed by atoms with E-state index < -0.39 is 17.8 Å². The van der Waals surface area contributed by atoms with Gasteiger partial charge in [0.05, 0.1) is 29.9 Å². The van der Waals surface area contributed by atoms with Gasteiger partial charge in [-0.15, -0.1) is 0 Å². The molecule has 0 radical (unpaired) electrons. The van der Waals surface area contributed by atoms with Crippen LogP contribution in [-0.4, -0.2) is 76.8 Å². The van der Waals surface area contributed by atoms with Crippen molar-refractivity contribution < 1.29 is 23.4 Å². The highest BCUT2D eigenvalue weighted by atomic mass is 35.5. The van der Waals surface area contributed by atoms with Gasteiger partial charge in [-0.2, -0.15) is 0 Å². The summed E-state index contributed by atoms with van der Waals surface area (Å²) in [6, 6.07) is 3.94. The number of nitrogens with zero attached hydrogens (tertiary/aromatic N) is 3. The van der Waals surface area contributed by atoms with E-state index in [0.717, 1.165) is 26.2 Å².